The van der Waals surface area contributed by atoms with Crippen LogP contribution in [-0.2, 0) is 9.53 Å². The zero-order chi connectivity index (χ0) is 14.6. The molecule has 0 saturated carbocycles. The van der Waals surface area contributed by atoms with Crippen molar-refractivity contribution in [2.24, 2.45) is 0 Å². The summed E-state index contributed by atoms with van der Waals surface area (Å²) in [7, 11) is 3.45. The lowest BCUT2D eigenvalue weighted by atomic mass is 9.90. The van der Waals surface area contributed by atoms with Crippen molar-refractivity contribution in [1.82, 2.24) is 5.32 Å². The number of thioether (sulfide) groups is 1. The summed E-state index contributed by atoms with van der Waals surface area (Å²) in [5, 5.41) is 3.27. The van der Waals surface area contributed by atoms with Crippen LogP contribution in [0.5, 0.6) is 0 Å². The van der Waals surface area contributed by atoms with E-state index in [2.05, 4.69) is 5.32 Å². The molecule has 4 nitrogen and oxygen atoms in total. The van der Waals surface area contributed by atoms with Crippen LogP contribution in [-0.4, -0.2) is 45.0 Å². The van der Waals surface area contributed by atoms with Gasteiger partial charge in [-0.1, -0.05) is 0 Å². The van der Waals surface area contributed by atoms with Crippen molar-refractivity contribution in [2.45, 2.75) is 23.3 Å². The molecule has 1 N–H and O–H groups in total. The van der Waals surface area contributed by atoms with E-state index in [0.29, 0.717) is 0 Å². The van der Waals surface area contributed by atoms with Gasteiger partial charge >= 0.3 is 0 Å². The fraction of sp³-hybridized carbons (Fsp3) is 0.533. The van der Waals surface area contributed by atoms with Crippen LogP contribution < -0.4 is 10.2 Å². The van der Waals surface area contributed by atoms with E-state index < -0.39 is 5.60 Å². The van der Waals surface area contributed by atoms with Gasteiger partial charge in [0.25, 0.3) is 5.91 Å². The number of halogens is 1. The Morgan fingerprint density at radius 3 is 2.33 bits per heavy atom. The maximum atomic E-state index is 12.8. The third-order valence-corrected chi connectivity index (χ3v) is 4.70. The number of piperidine rings is 1. The summed E-state index contributed by atoms with van der Waals surface area (Å²) in [5.41, 5.74) is 0.223. The summed E-state index contributed by atoms with van der Waals surface area (Å²) in [4.78, 5) is 15.7. The van der Waals surface area contributed by atoms with Crippen molar-refractivity contribution < 1.29 is 9.53 Å². The highest BCUT2D eigenvalue weighted by Crippen LogP contribution is 2.28. The van der Waals surface area contributed by atoms with Gasteiger partial charge in [-0.2, -0.15) is 0 Å². The number of nitrogens with one attached hydrogen (secondary N) is 1. The summed E-state index contributed by atoms with van der Waals surface area (Å²) in [5.74, 6) is 0.0402. The summed E-state index contributed by atoms with van der Waals surface area (Å²) in [6, 6.07) is 8.03. The number of ether oxygens (including phenoxy) is 1. The number of carbonyl (C=O) groups excluding carboxylic acids is 1. The SMILES string of the molecule is COC1(C(=O)N(C)c2ccc(SC)cc2)CCNCC1.Cl. The van der Waals surface area contributed by atoms with Gasteiger partial charge in [-0.15, -0.1) is 24.2 Å². The molecule has 1 saturated heterocycles. The second-order valence-electron chi connectivity index (χ2n) is 5.01. The average molecular weight is 331 g/mol. The molecule has 6 heteroatoms. The van der Waals surface area contributed by atoms with Crippen molar-refractivity contribution in [3.63, 3.8) is 0 Å². The number of hydrogen-bond donors (Lipinski definition) is 1. The molecule has 0 bridgehead atoms. The largest absolute Gasteiger partial charge is 0.368 e. The molecule has 0 spiro atoms. The molecule has 118 valence electrons. The van der Waals surface area contributed by atoms with Gasteiger partial charge in [0.15, 0.2) is 0 Å². The van der Waals surface area contributed by atoms with E-state index in [1.807, 2.05) is 37.6 Å². The molecule has 1 amide bonds. The first kappa shape index (κ1) is 18.3. The van der Waals surface area contributed by atoms with Crippen LogP contribution in [0.3, 0.4) is 0 Å². The summed E-state index contributed by atoms with van der Waals surface area (Å²) in [6.45, 7) is 1.64. The minimum Gasteiger partial charge on any atom is -0.368 e. The van der Waals surface area contributed by atoms with Crippen molar-refractivity contribution >= 4 is 35.8 Å². The second kappa shape index (κ2) is 8.03. The Morgan fingerprint density at radius 1 is 1.29 bits per heavy atom. The van der Waals surface area contributed by atoms with Crippen molar-refractivity contribution in [1.29, 1.82) is 0 Å². The third-order valence-electron chi connectivity index (χ3n) is 3.96. The van der Waals surface area contributed by atoms with Crippen molar-refractivity contribution in [3.8, 4) is 0 Å². The molecule has 0 unspecified atom stereocenters. The third kappa shape index (κ3) is 3.92. The number of nitrogens with zero attached hydrogens (tertiary/aromatic N) is 1. The van der Waals surface area contributed by atoms with Gasteiger partial charge in [0.1, 0.15) is 5.60 Å². The van der Waals surface area contributed by atoms with Gasteiger partial charge in [-0.3, -0.25) is 4.79 Å². The van der Waals surface area contributed by atoms with Gasteiger partial charge in [0.05, 0.1) is 0 Å². The van der Waals surface area contributed by atoms with Crippen LogP contribution in [0.15, 0.2) is 29.2 Å². The Morgan fingerprint density at radius 2 is 1.86 bits per heavy atom. The minimum atomic E-state index is -0.682. The van der Waals surface area contributed by atoms with Gasteiger partial charge in [-0.05, 0) is 56.5 Å². The van der Waals surface area contributed by atoms with Gasteiger partial charge < -0.3 is 15.0 Å². The first-order valence-electron chi connectivity index (χ1n) is 6.81. The highest BCUT2D eigenvalue weighted by atomic mass is 35.5. The van der Waals surface area contributed by atoms with Crippen LogP contribution in [0.1, 0.15) is 12.8 Å². The molecule has 2 rings (SSSR count). The lowest BCUT2D eigenvalue weighted by Crippen LogP contribution is -2.54. The number of carbonyl (C=O) groups is 1. The Balaban J connectivity index is 0.00000220. The lowest BCUT2D eigenvalue weighted by Gasteiger charge is -2.37. The van der Waals surface area contributed by atoms with Crippen molar-refractivity contribution in [3.05, 3.63) is 24.3 Å². The molecule has 1 aliphatic rings. The van der Waals surface area contributed by atoms with E-state index in [1.165, 1.54) is 4.90 Å². The Kier molecular flexibility index (Phi) is 7.00. The highest BCUT2D eigenvalue weighted by molar-refractivity contribution is 7.98. The first-order chi connectivity index (χ1) is 9.63. The predicted octanol–water partition coefficient (Wildman–Crippen LogP) is 2.56. The Hall–Kier alpha value is -0.750. The first-order valence-corrected chi connectivity index (χ1v) is 8.03. The van der Waals surface area contributed by atoms with Gasteiger partial charge in [0, 0.05) is 24.7 Å². The second-order valence-corrected chi connectivity index (χ2v) is 5.89. The number of anilines is 1. The molecule has 0 atom stereocenters. The summed E-state index contributed by atoms with van der Waals surface area (Å²) in [6.07, 6.45) is 3.48. The Labute approximate surface area is 137 Å². The van der Waals surface area contributed by atoms with E-state index in [0.717, 1.165) is 31.6 Å². The molecule has 1 fully saturated rings. The molecular formula is C15H23ClN2O2S. The van der Waals surface area contributed by atoms with Crippen LogP contribution in [0.4, 0.5) is 5.69 Å². The predicted molar refractivity (Wildman–Crippen MR) is 90.7 cm³/mol. The van der Waals surface area contributed by atoms with Gasteiger partial charge in [0.2, 0.25) is 0 Å². The lowest BCUT2D eigenvalue weighted by molar-refractivity contribution is -0.143. The molecule has 0 radical (unpaired) electrons. The molecule has 0 aliphatic carbocycles. The minimum absolute atomic E-state index is 0. The van der Waals surface area contributed by atoms with Gasteiger partial charge in [-0.25, -0.2) is 0 Å². The summed E-state index contributed by atoms with van der Waals surface area (Å²) >= 11 is 1.69. The zero-order valence-electron chi connectivity index (χ0n) is 12.7. The zero-order valence-corrected chi connectivity index (χ0v) is 14.4. The highest BCUT2D eigenvalue weighted by Gasteiger charge is 2.41. The monoisotopic (exact) mass is 330 g/mol. The maximum absolute atomic E-state index is 12.8. The standard InChI is InChI=1S/C15H22N2O2S.ClH/c1-17(12-4-6-13(20-3)7-5-12)14(18)15(19-2)8-10-16-11-9-15;/h4-7,16H,8-11H2,1-3H3;1H. The molecule has 1 aromatic rings. The number of likely N-dealkylation sites (N-methyl/N-ethyl adjacent to an activating group) is 1. The van der Waals surface area contributed by atoms with E-state index in [-0.39, 0.29) is 18.3 Å². The molecule has 1 heterocycles. The number of benzene rings is 1. The van der Waals surface area contributed by atoms with Crippen molar-refractivity contribution in [2.75, 3.05) is 38.4 Å². The summed E-state index contributed by atoms with van der Waals surface area (Å²) < 4.78 is 5.59. The normalized spacial score (nSPS) is 16.9. The number of rotatable bonds is 4. The molecule has 1 aromatic carbocycles. The molecule has 0 aromatic heterocycles. The topological polar surface area (TPSA) is 41.6 Å². The number of methoxy groups -OCH3 is 1. The van der Waals surface area contributed by atoms with Crippen LogP contribution >= 0.6 is 24.2 Å². The number of amides is 1. The van der Waals surface area contributed by atoms with E-state index in [9.17, 15) is 4.79 Å². The molecular weight excluding hydrogens is 308 g/mol. The van der Waals surface area contributed by atoms with E-state index >= 15 is 0 Å². The van der Waals surface area contributed by atoms with Crippen LogP contribution in [0.2, 0.25) is 0 Å². The van der Waals surface area contributed by atoms with Crippen LogP contribution in [0, 0.1) is 0 Å². The maximum Gasteiger partial charge on any atom is 0.259 e. The molecule has 21 heavy (non-hydrogen) atoms. The Bertz CT molecular complexity index is 461. The number of hydrogen-bond acceptors (Lipinski definition) is 4. The van der Waals surface area contributed by atoms with E-state index in [1.54, 1.807) is 23.8 Å². The fourth-order valence-electron chi connectivity index (χ4n) is 2.56. The quantitative estimate of drug-likeness (QED) is 0.862. The van der Waals surface area contributed by atoms with E-state index in [4.69, 9.17) is 4.74 Å². The fourth-order valence-corrected chi connectivity index (χ4v) is 2.97. The average Bonchev–Trinajstić information content (AvgIpc) is 2.54. The van der Waals surface area contributed by atoms with Crippen LogP contribution in [0.25, 0.3) is 0 Å². The smallest absolute Gasteiger partial charge is 0.259 e. The molecule has 1 aliphatic heterocycles.